The maximum Gasteiger partial charge on any atom is 0.326 e. The van der Waals surface area contributed by atoms with Crippen LogP contribution in [0.3, 0.4) is 0 Å². The summed E-state index contributed by atoms with van der Waals surface area (Å²) in [6.07, 6.45) is 7.75. The molecule has 12 heteroatoms. The molecule has 0 saturated carbocycles. The number of hydrogen-bond donors (Lipinski definition) is 6. The number of amides is 3. The third kappa shape index (κ3) is 5.95. The Morgan fingerprint density at radius 3 is 2.64 bits per heavy atom. The van der Waals surface area contributed by atoms with Crippen LogP contribution in [0.2, 0.25) is 0 Å². The van der Waals surface area contributed by atoms with E-state index in [1.165, 1.54) is 6.33 Å². The number of imidazole rings is 1. The summed E-state index contributed by atoms with van der Waals surface area (Å²) in [4.78, 5) is 63.6. The van der Waals surface area contributed by atoms with E-state index in [1.807, 2.05) is 24.3 Å². The highest BCUT2D eigenvalue weighted by molar-refractivity contribution is 5.95. The Morgan fingerprint density at radius 2 is 1.90 bits per heavy atom. The molecule has 4 atom stereocenters. The number of aromatic amines is 2. The van der Waals surface area contributed by atoms with Crippen molar-refractivity contribution in [2.75, 3.05) is 13.1 Å². The molecule has 39 heavy (non-hydrogen) atoms. The lowest BCUT2D eigenvalue weighted by atomic mass is 10.0. The fraction of sp³-hybridized carbons (Fsp3) is 0.444. The molecule has 5 rings (SSSR count). The lowest BCUT2D eigenvalue weighted by Gasteiger charge is -2.28. The average Bonchev–Trinajstić information content (AvgIpc) is 3.74. The fourth-order valence-electron chi connectivity index (χ4n) is 5.48. The second-order valence-corrected chi connectivity index (χ2v) is 10.1. The van der Waals surface area contributed by atoms with Crippen molar-refractivity contribution in [1.29, 1.82) is 0 Å². The van der Waals surface area contributed by atoms with Gasteiger partial charge in [0.15, 0.2) is 0 Å². The van der Waals surface area contributed by atoms with Crippen LogP contribution in [0.5, 0.6) is 0 Å². The molecule has 2 aliphatic rings. The molecule has 4 heterocycles. The molecule has 4 unspecified atom stereocenters. The summed E-state index contributed by atoms with van der Waals surface area (Å²) in [5.74, 6) is -2.33. The number of rotatable bonds is 10. The van der Waals surface area contributed by atoms with Crippen LogP contribution in [-0.2, 0) is 32.0 Å². The third-order valence-corrected chi connectivity index (χ3v) is 7.52. The molecule has 3 aromatic rings. The summed E-state index contributed by atoms with van der Waals surface area (Å²) in [6, 6.07) is 4.28. The highest BCUT2D eigenvalue weighted by Crippen LogP contribution is 2.22. The predicted octanol–water partition coefficient (Wildman–Crippen LogP) is 0.473. The van der Waals surface area contributed by atoms with Gasteiger partial charge >= 0.3 is 5.97 Å². The Balaban J connectivity index is 1.30. The number of carbonyl (C=O) groups excluding carboxylic acids is 3. The van der Waals surface area contributed by atoms with E-state index in [0.717, 1.165) is 35.9 Å². The van der Waals surface area contributed by atoms with E-state index in [0.29, 0.717) is 25.1 Å². The van der Waals surface area contributed by atoms with Crippen molar-refractivity contribution in [2.45, 2.75) is 62.7 Å². The molecular formula is C27H33N7O5. The maximum absolute atomic E-state index is 13.4. The van der Waals surface area contributed by atoms with Gasteiger partial charge in [0.05, 0.1) is 12.4 Å². The number of aromatic nitrogens is 3. The molecule has 3 amide bonds. The van der Waals surface area contributed by atoms with Gasteiger partial charge < -0.3 is 35.9 Å². The minimum Gasteiger partial charge on any atom is -0.480 e. The van der Waals surface area contributed by atoms with Gasteiger partial charge in [-0.1, -0.05) is 18.2 Å². The van der Waals surface area contributed by atoms with Gasteiger partial charge in [-0.25, -0.2) is 9.78 Å². The van der Waals surface area contributed by atoms with Crippen molar-refractivity contribution < 1.29 is 24.3 Å². The van der Waals surface area contributed by atoms with Crippen LogP contribution in [0.25, 0.3) is 10.9 Å². The van der Waals surface area contributed by atoms with Gasteiger partial charge in [-0.15, -0.1) is 0 Å². The summed E-state index contributed by atoms with van der Waals surface area (Å²) in [7, 11) is 0. The maximum atomic E-state index is 13.4. The SMILES string of the molecule is O=C(O)C(Cc1c[nH]c2ccccc12)NC(=O)C(Cc1cnc[nH]1)NC(=O)C1CCCN1C(=O)C1CCCN1. The first-order chi connectivity index (χ1) is 18.9. The highest BCUT2D eigenvalue weighted by Gasteiger charge is 2.39. The van der Waals surface area contributed by atoms with Crippen molar-refractivity contribution in [3.8, 4) is 0 Å². The Hall–Kier alpha value is -4.19. The highest BCUT2D eigenvalue weighted by atomic mass is 16.4. The van der Waals surface area contributed by atoms with Crippen LogP contribution in [0.1, 0.15) is 36.9 Å². The molecule has 6 N–H and O–H groups in total. The van der Waals surface area contributed by atoms with E-state index >= 15 is 0 Å². The number of nitrogens with zero attached hydrogens (tertiary/aromatic N) is 2. The lowest BCUT2D eigenvalue weighted by Crippen LogP contribution is -2.57. The van der Waals surface area contributed by atoms with E-state index in [-0.39, 0.29) is 24.8 Å². The molecule has 206 valence electrons. The summed E-state index contributed by atoms with van der Waals surface area (Å²) in [5.41, 5.74) is 2.23. The fourth-order valence-corrected chi connectivity index (χ4v) is 5.48. The van der Waals surface area contributed by atoms with Crippen molar-refractivity contribution in [3.05, 3.63) is 54.2 Å². The molecule has 1 aromatic carbocycles. The molecule has 0 spiro atoms. The largest absolute Gasteiger partial charge is 0.480 e. The first-order valence-electron chi connectivity index (χ1n) is 13.3. The minimum atomic E-state index is -1.21. The average molecular weight is 536 g/mol. The van der Waals surface area contributed by atoms with Crippen molar-refractivity contribution in [3.63, 3.8) is 0 Å². The summed E-state index contributed by atoms with van der Waals surface area (Å²) in [5, 5.41) is 19.4. The monoisotopic (exact) mass is 535 g/mol. The topological polar surface area (TPSA) is 172 Å². The standard InChI is InChI=1S/C27H33N7O5/c35-24(33-22(27(38)39)11-16-13-30-19-6-2-1-5-18(16)19)21(12-17-14-28-15-31-17)32-25(36)23-8-4-10-34(23)26(37)20-7-3-9-29-20/h1-2,5-6,13-15,20-23,29-30H,3-4,7-12H2,(H,28,31)(H,32,36)(H,33,35)(H,38,39). The normalized spacial score (nSPS) is 20.6. The van der Waals surface area contributed by atoms with Gasteiger partial charge in [0.1, 0.15) is 18.1 Å². The van der Waals surface area contributed by atoms with E-state index in [9.17, 15) is 24.3 Å². The Kier molecular flexibility index (Phi) is 7.92. The van der Waals surface area contributed by atoms with E-state index in [4.69, 9.17) is 0 Å². The van der Waals surface area contributed by atoms with Crippen LogP contribution >= 0.6 is 0 Å². The zero-order chi connectivity index (χ0) is 27.4. The number of benzene rings is 1. The Bertz CT molecular complexity index is 1330. The smallest absolute Gasteiger partial charge is 0.326 e. The molecule has 0 bridgehead atoms. The van der Waals surface area contributed by atoms with Crippen molar-refractivity contribution >= 4 is 34.6 Å². The first kappa shape index (κ1) is 26.4. The van der Waals surface area contributed by atoms with Crippen LogP contribution in [0.4, 0.5) is 0 Å². The van der Waals surface area contributed by atoms with Gasteiger partial charge in [0.25, 0.3) is 0 Å². The van der Waals surface area contributed by atoms with Gasteiger partial charge in [-0.05, 0) is 43.9 Å². The predicted molar refractivity (Wildman–Crippen MR) is 142 cm³/mol. The minimum absolute atomic E-state index is 0.0646. The number of nitrogens with one attached hydrogen (secondary N) is 5. The van der Waals surface area contributed by atoms with Crippen LogP contribution < -0.4 is 16.0 Å². The third-order valence-electron chi connectivity index (χ3n) is 7.52. The van der Waals surface area contributed by atoms with Gasteiger partial charge in [-0.2, -0.15) is 0 Å². The van der Waals surface area contributed by atoms with Crippen molar-refractivity contribution in [2.24, 2.45) is 0 Å². The summed E-state index contributed by atoms with van der Waals surface area (Å²) in [6.45, 7) is 1.26. The Morgan fingerprint density at radius 1 is 1.05 bits per heavy atom. The van der Waals surface area contributed by atoms with Crippen LogP contribution in [0.15, 0.2) is 43.0 Å². The number of para-hydroxylation sites is 1. The number of likely N-dealkylation sites (tertiary alicyclic amines) is 1. The number of hydrogen-bond acceptors (Lipinski definition) is 6. The molecule has 12 nitrogen and oxygen atoms in total. The summed E-state index contributed by atoms with van der Waals surface area (Å²) >= 11 is 0. The van der Waals surface area contributed by atoms with Crippen LogP contribution in [-0.4, -0.2) is 85.9 Å². The molecular weight excluding hydrogens is 502 g/mol. The quantitative estimate of drug-likeness (QED) is 0.219. The molecule has 0 radical (unpaired) electrons. The number of carboxylic acid groups (broad SMARTS) is 1. The number of carbonyl (C=O) groups is 4. The number of fused-ring (bicyclic) bond motifs is 1. The van der Waals surface area contributed by atoms with Gasteiger partial charge in [0, 0.05) is 48.4 Å². The molecule has 2 aromatic heterocycles. The summed E-state index contributed by atoms with van der Waals surface area (Å²) < 4.78 is 0. The second-order valence-electron chi connectivity index (χ2n) is 10.1. The molecule has 2 fully saturated rings. The molecule has 2 aliphatic heterocycles. The lowest BCUT2D eigenvalue weighted by molar-refractivity contribution is -0.143. The van der Waals surface area contributed by atoms with Crippen molar-refractivity contribution in [1.82, 2.24) is 35.8 Å². The van der Waals surface area contributed by atoms with E-state index in [2.05, 4.69) is 30.9 Å². The van der Waals surface area contributed by atoms with E-state index < -0.39 is 35.9 Å². The zero-order valence-corrected chi connectivity index (χ0v) is 21.5. The number of carboxylic acids is 1. The van der Waals surface area contributed by atoms with Crippen LogP contribution in [0, 0.1) is 0 Å². The molecule has 0 aliphatic carbocycles. The molecule has 2 saturated heterocycles. The number of H-pyrrole nitrogens is 2. The second kappa shape index (κ2) is 11.7. The first-order valence-corrected chi connectivity index (χ1v) is 13.3. The van der Waals surface area contributed by atoms with E-state index in [1.54, 1.807) is 17.3 Å². The van der Waals surface area contributed by atoms with Gasteiger partial charge in [-0.3, -0.25) is 14.4 Å². The van der Waals surface area contributed by atoms with Gasteiger partial charge in [0.2, 0.25) is 17.7 Å². The number of aliphatic carboxylic acids is 1. The zero-order valence-electron chi connectivity index (χ0n) is 21.5. The Labute approximate surface area is 224 Å².